The van der Waals surface area contributed by atoms with E-state index in [4.69, 9.17) is 10.5 Å². The molecular weight excluding hydrogens is 365 g/mol. The van der Waals surface area contributed by atoms with Crippen LogP contribution in [0.2, 0.25) is 0 Å². The van der Waals surface area contributed by atoms with Crippen LogP contribution in [0.15, 0.2) is 49.3 Å². The fourth-order valence-corrected chi connectivity index (χ4v) is 2.27. The first-order chi connectivity index (χ1) is 11.2. The maximum atomic E-state index is 5.86. The standard InChI is InChI=1S/C15H13N7O.2ClH/c1-21-8-10(5-19-21)13-9-22-14(2-3-18-22)15(20-13)23-12-4-11(16)6-17-7-12;;/h2-9H,16H2,1H3;2*1H. The largest absolute Gasteiger partial charge is 0.435 e. The Bertz CT molecular complexity index is 998. The number of halogens is 2. The quantitative estimate of drug-likeness (QED) is 0.587. The number of nitrogens with two attached hydrogens (primary N) is 1. The molecule has 2 N–H and O–H groups in total. The van der Waals surface area contributed by atoms with E-state index in [2.05, 4.69) is 20.2 Å². The molecule has 0 bridgehead atoms. The number of hydrogen-bond acceptors (Lipinski definition) is 6. The fraction of sp³-hybridized carbons (Fsp3) is 0.0667. The first-order valence-corrected chi connectivity index (χ1v) is 6.91. The highest BCUT2D eigenvalue weighted by atomic mass is 35.5. The van der Waals surface area contributed by atoms with Crippen molar-refractivity contribution in [2.45, 2.75) is 0 Å². The molecule has 4 aromatic rings. The van der Waals surface area contributed by atoms with Crippen LogP contribution in [0.5, 0.6) is 11.6 Å². The maximum Gasteiger partial charge on any atom is 0.246 e. The van der Waals surface area contributed by atoms with Gasteiger partial charge in [0.25, 0.3) is 0 Å². The molecule has 8 nitrogen and oxygen atoms in total. The van der Waals surface area contributed by atoms with Gasteiger partial charge in [0, 0.05) is 24.9 Å². The Hall–Kier alpha value is -2.84. The first-order valence-electron chi connectivity index (χ1n) is 6.91. The lowest BCUT2D eigenvalue weighted by atomic mass is 10.2. The van der Waals surface area contributed by atoms with E-state index in [9.17, 15) is 0 Å². The minimum atomic E-state index is 0. The van der Waals surface area contributed by atoms with Crippen molar-refractivity contribution in [1.29, 1.82) is 0 Å². The molecule has 0 aliphatic rings. The summed E-state index contributed by atoms with van der Waals surface area (Å²) in [6.45, 7) is 0. The molecule has 0 atom stereocenters. The van der Waals surface area contributed by atoms with Crippen LogP contribution in [-0.4, -0.2) is 29.4 Å². The highest BCUT2D eigenvalue weighted by molar-refractivity contribution is 5.85. The Morgan fingerprint density at radius 3 is 2.64 bits per heavy atom. The van der Waals surface area contributed by atoms with Gasteiger partial charge in [0.05, 0.1) is 42.4 Å². The SMILES string of the molecule is Cl.Cl.Cn1cc(-c2cn3nccc3c(Oc3cncc(N)c3)n2)cn1. The van der Waals surface area contributed by atoms with E-state index in [1.54, 1.807) is 40.1 Å². The summed E-state index contributed by atoms with van der Waals surface area (Å²) < 4.78 is 9.29. The zero-order valence-corrected chi connectivity index (χ0v) is 14.7. The average Bonchev–Trinajstić information content (AvgIpc) is 3.16. The van der Waals surface area contributed by atoms with Gasteiger partial charge in [0.1, 0.15) is 11.3 Å². The topological polar surface area (TPSA) is 96.2 Å². The zero-order chi connectivity index (χ0) is 15.8. The summed E-state index contributed by atoms with van der Waals surface area (Å²) in [6.07, 6.45) is 10.3. The number of aryl methyl sites for hydroxylation is 1. The van der Waals surface area contributed by atoms with E-state index in [0.717, 1.165) is 11.1 Å². The molecule has 0 saturated carbocycles. The summed E-state index contributed by atoms with van der Waals surface area (Å²) in [5, 5.41) is 8.43. The van der Waals surface area contributed by atoms with Gasteiger partial charge in [0.15, 0.2) is 0 Å². The van der Waals surface area contributed by atoms with Crippen molar-refractivity contribution in [1.82, 2.24) is 29.4 Å². The normalized spacial score (nSPS) is 10.1. The average molecular weight is 380 g/mol. The van der Waals surface area contributed by atoms with Gasteiger partial charge >= 0.3 is 0 Å². The number of hydrogen-bond donors (Lipinski definition) is 1. The van der Waals surface area contributed by atoms with Gasteiger partial charge in [-0.1, -0.05) is 0 Å². The minimum Gasteiger partial charge on any atom is -0.435 e. The van der Waals surface area contributed by atoms with Crippen molar-refractivity contribution in [3.8, 4) is 22.9 Å². The van der Waals surface area contributed by atoms with Crippen LogP contribution >= 0.6 is 24.8 Å². The Morgan fingerprint density at radius 2 is 1.92 bits per heavy atom. The predicted octanol–water partition coefficient (Wildman–Crippen LogP) is 2.74. The van der Waals surface area contributed by atoms with Gasteiger partial charge in [-0.15, -0.1) is 24.8 Å². The van der Waals surface area contributed by atoms with Gasteiger partial charge in [-0.05, 0) is 6.07 Å². The fourth-order valence-electron chi connectivity index (χ4n) is 2.27. The van der Waals surface area contributed by atoms with Crippen molar-refractivity contribution < 1.29 is 4.74 Å². The second-order valence-corrected chi connectivity index (χ2v) is 5.05. The van der Waals surface area contributed by atoms with Crippen LogP contribution < -0.4 is 10.5 Å². The van der Waals surface area contributed by atoms with Gasteiger partial charge < -0.3 is 10.5 Å². The number of pyridine rings is 1. The van der Waals surface area contributed by atoms with Crippen LogP contribution in [0, 0.1) is 0 Å². The van der Waals surface area contributed by atoms with Crippen molar-refractivity contribution >= 4 is 36.0 Å². The lowest BCUT2D eigenvalue weighted by Gasteiger charge is -2.08. The molecule has 4 aromatic heterocycles. The molecular formula is C15H15Cl2N7O. The Kier molecular flexibility index (Phi) is 5.45. The van der Waals surface area contributed by atoms with Crippen molar-refractivity contribution in [2.24, 2.45) is 7.05 Å². The zero-order valence-electron chi connectivity index (χ0n) is 13.1. The molecule has 0 aliphatic carbocycles. The molecule has 0 spiro atoms. The predicted molar refractivity (Wildman–Crippen MR) is 98.4 cm³/mol. The molecule has 0 aliphatic heterocycles. The number of nitrogens with zero attached hydrogens (tertiary/aromatic N) is 6. The number of ether oxygens (including phenoxy) is 1. The molecule has 4 rings (SSSR count). The van der Waals surface area contributed by atoms with Crippen molar-refractivity contribution in [3.05, 3.63) is 49.3 Å². The molecule has 130 valence electrons. The van der Waals surface area contributed by atoms with Crippen LogP contribution in [-0.2, 0) is 7.05 Å². The van der Waals surface area contributed by atoms with Crippen LogP contribution in [0.1, 0.15) is 0 Å². The van der Waals surface area contributed by atoms with Crippen molar-refractivity contribution in [2.75, 3.05) is 5.73 Å². The number of fused-ring (bicyclic) bond motifs is 1. The monoisotopic (exact) mass is 379 g/mol. The van der Waals surface area contributed by atoms with Gasteiger partial charge in [-0.2, -0.15) is 10.2 Å². The second-order valence-electron chi connectivity index (χ2n) is 5.05. The third kappa shape index (κ3) is 3.65. The summed E-state index contributed by atoms with van der Waals surface area (Å²) in [5.41, 5.74) is 8.60. The number of rotatable bonds is 3. The highest BCUT2D eigenvalue weighted by Crippen LogP contribution is 2.27. The molecule has 0 radical (unpaired) electrons. The lowest BCUT2D eigenvalue weighted by Crippen LogP contribution is -1.98. The molecule has 0 fully saturated rings. The molecule has 0 saturated heterocycles. The number of aromatic nitrogens is 6. The molecule has 0 aromatic carbocycles. The lowest BCUT2D eigenvalue weighted by molar-refractivity contribution is 0.464. The van der Waals surface area contributed by atoms with E-state index in [1.165, 1.54) is 0 Å². The van der Waals surface area contributed by atoms with Gasteiger partial charge in [0.2, 0.25) is 5.88 Å². The molecule has 25 heavy (non-hydrogen) atoms. The maximum absolute atomic E-state index is 5.86. The van der Waals surface area contributed by atoms with Gasteiger partial charge in [-0.25, -0.2) is 9.50 Å². The van der Waals surface area contributed by atoms with E-state index in [0.29, 0.717) is 23.0 Å². The Balaban J connectivity index is 0.00000113. The summed E-state index contributed by atoms with van der Waals surface area (Å²) in [6, 6.07) is 3.52. The van der Waals surface area contributed by atoms with Crippen LogP contribution in [0.4, 0.5) is 5.69 Å². The van der Waals surface area contributed by atoms with Crippen molar-refractivity contribution in [3.63, 3.8) is 0 Å². The van der Waals surface area contributed by atoms with E-state index < -0.39 is 0 Å². The van der Waals surface area contributed by atoms with E-state index >= 15 is 0 Å². The Labute approximate surface area is 155 Å². The first kappa shape index (κ1) is 18.5. The van der Waals surface area contributed by atoms with Crippen LogP contribution in [0.25, 0.3) is 16.8 Å². The van der Waals surface area contributed by atoms with Gasteiger partial charge in [-0.3, -0.25) is 9.67 Å². The van der Waals surface area contributed by atoms with Crippen LogP contribution in [0.3, 0.4) is 0 Å². The van der Waals surface area contributed by atoms with E-state index in [1.807, 2.05) is 25.5 Å². The third-order valence-electron chi connectivity index (χ3n) is 3.31. The Morgan fingerprint density at radius 1 is 1.08 bits per heavy atom. The minimum absolute atomic E-state index is 0. The molecule has 4 heterocycles. The summed E-state index contributed by atoms with van der Waals surface area (Å²) in [7, 11) is 1.85. The summed E-state index contributed by atoms with van der Waals surface area (Å²) >= 11 is 0. The smallest absolute Gasteiger partial charge is 0.246 e. The van der Waals surface area contributed by atoms with E-state index in [-0.39, 0.29) is 24.8 Å². The molecule has 0 amide bonds. The highest BCUT2D eigenvalue weighted by Gasteiger charge is 2.12. The second kappa shape index (κ2) is 7.37. The summed E-state index contributed by atoms with van der Waals surface area (Å²) in [4.78, 5) is 8.60. The molecule has 0 unspecified atom stereocenters. The number of nitrogen functional groups attached to an aromatic ring is 1. The summed E-state index contributed by atoms with van der Waals surface area (Å²) in [5.74, 6) is 0.945. The third-order valence-corrected chi connectivity index (χ3v) is 3.31. The molecule has 10 heteroatoms. The number of anilines is 1.